The molecule has 2 aromatic rings. The zero-order valence-electron chi connectivity index (χ0n) is 12.9. The molecule has 0 aliphatic carbocycles. The number of carbonyl (C=O) groups is 1. The highest BCUT2D eigenvalue weighted by Crippen LogP contribution is 2.35. The van der Waals surface area contributed by atoms with Gasteiger partial charge in [0.05, 0.1) is 17.2 Å². The number of non-ortho nitro benzene ring substituents is 1. The number of hydrogen-bond donors (Lipinski definition) is 0. The molecule has 1 unspecified atom stereocenters. The Hall–Kier alpha value is -2.89. The summed E-state index contributed by atoms with van der Waals surface area (Å²) in [4.78, 5) is 24.4. The summed E-state index contributed by atoms with van der Waals surface area (Å²) in [5, 5.41) is 10.7. The Labute approximate surface area is 133 Å². The summed E-state index contributed by atoms with van der Waals surface area (Å²) in [5.74, 6) is 0.547. The Kier molecular flexibility index (Phi) is 3.73. The van der Waals surface area contributed by atoms with Crippen molar-refractivity contribution in [3.8, 4) is 5.75 Å². The fourth-order valence-electron chi connectivity index (χ4n) is 2.59. The van der Waals surface area contributed by atoms with Crippen LogP contribution in [0.3, 0.4) is 0 Å². The van der Waals surface area contributed by atoms with Crippen molar-refractivity contribution in [1.82, 2.24) is 0 Å². The van der Waals surface area contributed by atoms with Crippen LogP contribution >= 0.6 is 0 Å². The quantitative estimate of drug-likeness (QED) is 0.644. The molecule has 118 valence electrons. The van der Waals surface area contributed by atoms with Gasteiger partial charge in [-0.2, -0.15) is 0 Å². The number of ether oxygens (including phenoxy) is 1. The third-order valence-corrected chi connectivity index (χ3v) is 3.81. The van der Waals surface area contributed by atoms with Gasteiger partial charge in [0.2, 0.25) is 0 Å². The summed E-state index contributed by atoms with van der Waals surface area (Å²) in [7, 11) is 0. The summed E-state index contributed by atoms with van der Waals surface area (Å²) >= 11 is 0. The van der Waals surface area contributed by atoms with Crippen molar-refractivity contribution in [2.45, 2.75) is 26.5 Å². The Bertz CT molecular complexity index is 771. The van der Waals surface area contributed by atoms with Gasteiger partial charge in [0.1, 0.15) is 5.75 Å². The van der Waals surface area contributed by atoms with Crippen LogP contribution in [0.25, 0.3) is 0 Å². The highest BCUT2D eigenvalue weighted by molar-refractivity contribution is 5.99. The van der Waals surface area contributed by atoms with Gasteiger partial charge in [-0.1, -0.05) is 18.2 Å². The van der Waals surface area contributed by atoms with Crippen molar-refractivity contribution in [1.29, 1.82) is 0 Å². The van der Waals surface area contributed by atoms with E-state index >= 15 is 0 Å². The predicted octanol–water partition coefficient (Wildman–Crippen LogP) is 3.22. The van der Waals surface area contributed by atoms with Crippen LogP contribution in [0.2, 0.25) is 0 Å². The van der Waals surface area contributed by atoms with E-state index in [2.05, 4.69) is 0 Å². The molecule has 1 aliphatic rings. The van der Waals surface area contributed by atoms with Gasteiger partial charge in [0.15, 0.2) is 6.10 Å². The second-order valence-corrected chi connectivity index (χ2v) is 5.58. The molecule has 0 saturated heterocycles. The standard InChI is InChI=1S/C17H16N2O4/c1-11-3-8-16-15(9-11)18(17(20)12(2)23-16)10-13-4-6-14(7-5-13)19(21)22/h3-9,12H,10H2,1-2H3. The number of carbonyl (C=O) groups excluding carboxylic acids is 1. The van der Waals surface area contributed by atoms with E-state index in [1.807, 2.05) is 25.1 Å². The van der Waals surface area contributed by atoms with Crippen molar-refractivity contribution < 1.29 is 14.5 Å². The summed E-state index contributed by atoms with van der Waals surface area (Å²) in [6, 6.07) is 11.9. The van der Waals surface area contributed by atoms with Gasteiger partial charge in [0.25, 0.3) is 11.6 Å². The first-order valence-corrected chi connectivity index (χ1v) is 7.28. The lowest BCUT2D eigenvalue weighted by molar-refractivity contribution is -0.384. The van der Waals surface area contributed by atoms with Crippen LogP contribution < -0.4 is 9.64 Å². The Morgan fingerprint density at radius 1 is 1.22 bits per heavy atom. The third-order valence-electron chi connectivity index (χ3n) is 3.81. The van der Waals surface area contributed by atoms with Crippen molar-refractivity contribution in [2.24, 2.45) is 0 Å². The number of nitro groups is 1. The van der Waals surface area contributed by atoms with Crippen molar-refractivity contribution >= 4 is 17.3 Å². The maximum Gasteiger partial charge on any atom is 0.269 e. The molecule has 0 fully saturated rings. The average molecular weight is 312 g/mol. The zero-order chi connectivity index (χ0) is 16.6. The number of nitrogens with zero attached hydrogens (tertiary/aromatic N) is 2. The first-order chi connectivity index (χ1) is 11.0. The molecular formula is C17H16N2O4. The van der Waals surface area contributed by atoms with Crippen LogP contribution in [0.5, 0.6) is 5.75 Å². The molecule has 1 amide bonds. The predicted molar refractivity (Wildman–Crippen MR) is 85.6 cm³/mol. The first-order valence-electron chi connectivity index (χ1n) is 7.28. The van der Waals surface area contributed by atoms with E-state index in [1.54, 1.807) is 24.0 Å². The highest BCUT2D eigenvalue weighted by atomic mass is 16.6. The molecule has 6 nitrogen and oxygen atoms in total. The van der Waals surface area contributed by atoms with Crippen LogP contribution in [0, 0.1) is 17.0 Å². The monoisotopic (exact) mass is 312 g/mol. The smallest absolute Gasteiger partial charge is 0.269 e. The maximum absolute atomic E-state index is 12.5. The molecular weight excluding hydrogens is 296 g/mol. The van der Waals surface area contributed by atoms with Gasteiger partial charge in [0, 0.05) is 12.1 Å². The number of aryl methyl sites for hydroxylation is 1. The average Bonchev–Trinajstić information content (AvgIpc) is 2.53. The lowest BCUT2D eigenvalue weighted by atomic mass is 10.1. The van der Waals surface area contributed by atoms with E-state index in [1.165, 1.54) is 12.1 Å². The minimum atomic E-state index is -0.553. The third kappa shape index (κ3) is 2.88. The molecule has 2 aromatic carbocycles. The second kappa shape index (κ2) is 5.72. The van der Waals surface area contributed by atoms with Gasteiger partial charge in [-0.15, -0.1) is 0 Å². The number of benzene rings is 2. The normalized spacial score (nSPS) is 16.7. The SMILES string of the molecule is Cc1ccc2c(c1)N(Cc1ccc([N+](=O)[O-])cc1)C(=O)C(C)O2. The molecule has 0 radical (unpaired) electrons. The van der Waals surface area contributed by atoms with Gasteiger partial charge in [-0.3, -0.25) is 14.9 Å². The fraction of sp³-hybridized carbons (Fsp3) is 0.235. The van der Waals surface area contributed by atoms with E-state index in [0.29, 0.717) is 12.3 Å². The highest BCUT2D eigenvalue weighted by Gasteiger charge is 2.31. The zero-order valence-corrected chi connectivity index (χ0v) is 12.9. The van der Waals surface area contributed by atoms with Gasteiger partial charge >= 0.3 is 0 Å². The van der Waals surface area contributed by atoms with Crippen molar-refractivity contribution in [2.75, 3.05) is 4.90 Å². The molecule has 0 bridgehead atoms. The molecule has 1 aliphatic heterocycles. The first kappa shape index (κ1) is 15.0. The summed E-state index contributed by atoms with van der Waals surface area (Å²) in [6.07, 6.45) is -0.553. The minimum absolute atomic E-state index is 0.0340. The van der Waals surface area contributed by atoms with E-state index in [0.717, 1.165) is 16.8 Å². The molecule has 0 spiro atoms. The summed E-state index contributed by atoms with van der Waals surface area (Å²) in [6.45, 7) is 4.02. The number of nitro benzene ring substituents is 1. The van der Waals surface area contributed by atoms with Crippen LogP contribution in [-0.4, -0.2) is 16.9 Å². The number of fused-ring (bicyclic) bond motifs is 1. The Balaban J connectivity index is 1.93. The molecule has 0 aromatic heterocycles. The summed E-state index contributed by atoms with van der Waals surface area (Å²) in [5.41, 5.74) is 2.62. The topological polar surface area (TPSA) is 72.7 Å². The van der Waals surface area contributed by atoms with Crippen molar-refractivity contribution in [3.63, 3.8) is 0 Å². The Morgan fingerprint density at radius 2 is 1.91 bits per heavy atom. The maximum atomic E-state index is 12.5. The van der Waals surface area contributed by atoms with Gasteiger partial charge in [-0.25, -0.2) is 0 Å². The second-order valence-electron chi connectivity index (χ2n) is 5.58. The van der Waals surface area contributed by atoms with Gasteiger partial charge < -0.3 is 9.64 Å². The van der Waals surface area contributed by atoms with Gasteiger partial charge in [-0.05, 0) is 37.1 Å². The minimum Gasteiger partial charge on any atom is -0.479 e. The molecule has 23 heavy (non-hydrogen) atoms. The summed E-state index contributed by atoms with van der Waals surface area (Å²) < 4.78 is 5.64. The van der Waals surface area contributed by atoms with E-state index in [-0.39, 0.29) is 11.6 Å². The molecule has 0 N–H and O–H groups in total. The number of hydrogen-bond acceptors (Lipinski definition) is 4. The lowest BCUT2D eigenvalue weighted by Crippen LogP contribution is -2.44. The van der Waals surface area contributed by atoms with E-state index < -0.39 is 11.0 Å². The molecule has 1 heterocycles. The largest absolute Gasteiger partial charge is 0.479 e. The van der Waals surface area contributed by atoms with Crippen molar-refractivity contribution in [3.05, 3.63) is 63.7 Å². The van der Waals surface area contributed by atoms with Crippen LogP contribution in [0.4, 0.5) is 11.4 Å². The van der Waals surface area contributed by atoms with E-state index in [9.17, 15) is 14.9 Å². The fourth-order valence-corrected chi connectivity index (χ4v) is 2.59. The van der Waals surface area contributed by atoms with Crippen LogP contribution in [0.15, 0.2) is 42.5 Å². The molecule has 3 rings (SSSR count). The number of anilines is 1. The molecule has 1 atom stereocenters. The number of rotatable bonds is 3. The lowest BCUT2D eigenvalue weighted by Gasteiger charge is -2.33. The molecule has 6 heteroatoms. The van der Waals surface area contributed by atoms with Crippen LogP contribution in [-0.2, 0) is 11.3 Å². The molecule has 0 saturated carbocycles. The van der Waals surface area contributed by atoms with E-state index in [4.69, 9.17) is 4.74 Å². The van der Waals surface area contributed by atoms with Crippen LogP contribution in [0.1, 0.15) is 18.1 Å². The number of amides is 1. The Morgan fingerprint density at radius 3 is 2.57 bits per heavy atom.